The van der Waals surface area contributed by atoms with Gasteiger partial charge in [-0.2, -0.15) is 0 Å². The van der Waals surface area contributed by atoms with E-state index in [1.165, 1.54) is 12.1 Å². The van der Waals surface area contributed by atoms with Gasteiger partial charge in [0, 0.05) is 90.0 Å². The number of para-hydroxylation sites is 1. The standard InChI is InChI=1S/C75H93N9O16/c1-78-32-41-26-40-27-42-16-22-75(95)67(93)66(97-37-55(61(90)47(19-25-86)44(28-40)29-41)48-17-23-79-68(76)54(48)33-80-45-8-2-3-9-45)71-99-64-53(31-52-59(65(64)96-36-46(88)18-24-85)63(92)51-30-39(34-87)12-14-49(51)62(52)91)58(43(13-15-57(42)89)35-98-74(72(75)100-71)20-6-7-21-74)50-10-4-5-11-56(50)84-38-81-60-69(84)82-73(77)83-70(60)94/h4-5,10-12,14,17,24,26,28-31,42-43,45-47,55,57-58,60-61,66-67,69,71-73,78-82,86-90,93,95H,2-3,6-9,13,15,18-21,23,25,27,32-38,76-77H2,1H3,(H,83,94). The number of hydrogen-bond acceptors (Lipinski definition) is 24. The predicted molar refractivity (Wildman–Crippen MR) is 365 cm³/mol. The Morgan fingerprint density at radius 3 is 2.50 bits per heavy atom. The van der Waals surface area contributed by atoms with Crippen LogP contribution in [0.15, 0.2) is 89.8 Å². The molecule has 25 heteroatoms. The molecule has 7 aliphatic heterocycles. The van der Waals surface area contributed by atoms with Crippen molar-refractivity contribution in [3.63, 3.8) is 0 Å². The molecule has 3 aliphatic carbocycles. The van der Waals surface area contributed by atoms with E-state index < -0.39 is 140 Å². The first-order valence-electron chi connectivity index (χ1n) is 35.6. The van der Waals surface area contributed by atoms with Crippen molar-refractivity contribution in [1.82, 2.24) is 31.9 Å². The molecule has 17 N–H and O–H groups in total. The average molecular weight is 1380 g/mol. The SMILES string of the molecule is CNCc1cc2cc(c1)C(CCO)C(O)C(C1=CCNC(N)=C1CNC1CCCC1)COC1C3Oc4c(cc5c(c4OCC(O)CC=O)C(=O)c4cc(CO)ccc4C5=O)C(c4ccccc4N4CNC5C(=O)NC(N)NC54)C4CCC(O)C(C#CC(O)(C1O)C(O3)C1(CCCC1)OC4)C2. The summed E-state index contributed by atoms with van der Waals surface area (Å²) in [4.78, 5) is 59.5. The molecular formula is C75H93N9O16. The number of nitrogens with zero attached hydrogens (tertiary/aromatic N) is 1. The number of ketones is 2. The molecule has 0 radical (unpaired) electrons. The minimum atomic E-state index is -2.60. The van der Waals surface area contributed by atoms with Gasteiger partial charge >= 0.3 is 0 Å². The van der Waals surface area contributed by atoms with E-state index >= 15 is 9.59 Å². The third kappa shape index (κ3) is 13.1. The van der Waals surface area contributed by atoms with Crippen LogP contribution in [0.2, 0.25) is 0 Å². The van der Waals surface area contributed by atoms with Crippen molar-refractivity contribution < 1.29 is 78.6 Å². The third-order valence-electron chi connectivity index (χ3n) is 22.6. The van der Waals surface area contributed by atoms with Crippen LogP contribution in [0.3, 0.4) is 0 Å². The summed E-state index contributed by atoms with van der Waals surface area (Å²) in [5, 5.41) is 108. The van der Waals surface area contributed by atoms with Crippen LogP contribution in [0.5, 0.6) is 11.5 Å². The summed E-state index contributed by atoms with van der Waals surface area (Å²) >= 11 is 0. The molecule has 1 spiro atoms. The van der Waals surface area contributed by atoms with E-state index in [-0.39, 0.29) is 103 Å². The van der Waals surface area contributed by atoms with Crippen molar-refractivity contribution in [2.24, 2.45) is 29.2 Å². The van der Waals surface area contributed by atoms with Crippen LogP contribution in [0.25, 0.3) is 0 Å². The Kier molecular flexibility index (Phi) is 20.5. The Labute approximate surface area is 580 Å². The van der Waals surface area contributed by atoms with Crippen LogP contribution in [0, 0.1) is 29.6 Å². The Balaban J connectivity index is 1.05. The molecule has 8 bridgehead atoms. The lowest BCUT2D eigenvalue weighted by atomic mass is 9.73. The zero-order valence-electron chi connectivity index (χ0n) is 56.2. The lowest BCUT2D eigenvalue weighted by molar-refractivity contribution is -0.336. The van der Waals surface area contributed by atoms with E-state index in [4.69, 9.17) is 35.2 Å². The van der Waals surface area contributed by atoms with E-state index in [9.17, 15) is 45.3 Å². The number of rotatable bonds is 16. The Morgan fingerprint density at radius 2 is 1.72 bits per heavy atom. The van der Waals surface area contributed by atoms with Gasteiger partial charge in [-0.25, -0.2) is 0 Å². The van der Waals surface area contributed by atoms with Gasteiger partial charge in [0.2, 0.25) is 12.2 Å². The van der Waals surface area contributed by atoms with Crippen LogP contribution < -0.4 is 57.7 Å². The van der Waals surface area contributed by atoms with Crippen molar-refractivity contribution in [3.8, 4) is 23.3 Å². The Morgan fingerprint density at radius 1 is 0.910 bits per heavy atom. The number of dihydropyridines is 1. The zero-order chi connectivity index (χ0) is 69.7. The second-order valence-corrected chi connectivity index (χ2v) is 28.8. The Hall–Kier alpha value is -7.20. The van der Waals surface area contributed by atoms with Gasteiger partial charge in [-0.05, 0) is 122 Å². The van der Waals surface area contributed by atoms with Crippen LogP contribution in [-0.4, -0.2) is 191 Å². The highest BCUT2D eigenvalue weighted by Crippen LogP contribution is 2.55. The van der Waals surface area contributed by atoms with E-state index in [2.05, 4.69) is 43.7 Å². The van der Waals surface area contributed by atoms with Gasteiger partial charge in [0.15, 0.2) is 28.7 Å². The smallest absolute Gasteiger partial charge is 0.242 e. The molecule has 4 aromatic rings. The molecule has 25 nitrogen and oxygen atoms in total. The minimum absolute atomic E-state index is 0.0286. The molecule has 3 saturated heterocycles. The molecule has 14 rings (SSSR count). The topological polar surface area (TPSA) is 384 Å². The maximum Gasteiger partial charge on any atom is 0.242 e. The van der Waals surface area contributed by atoms with E-state index in [1.807, 2.05) is 60.5 Å². The number of benzene rings is 4. The van der Waals surface area contributed by atoms with Crippen LogP contribution >= 0.6 is 0 Å². The number of carbonyl (C=O) groups excluding carboxylic acids is 4. The quantitative estimate of drug-likeness (QED) is 0.0490. The van der Waals surface area contributed by atoms with Crippen LogP contribution in [0.1, 0.15) is 154 Å². The largest absolute Gasteiger partial charge is 0.486 e. The van der Waals surface area contributed by atoms with Gasteiger partial charge in [-0.3, -0.25) is 30.8 Å². The highest BCUT2D eigenvalue weighted by atomic mass is 16.7. The summed E-state index contributed by atoms with van der Waals surface area (Å²) in [6, 6.07) is 19.0. The number of aliphatic hydroxyl groups is 7. The molecule has 0 aromatic heterocycles. The van der Waals surface area contributed by atoms with Crippen molar-refractivity contribution in [2.75, 3.05) is 58.1 Å². The second-order valence-electron chi connectivity index (χ2n) is 28.8. The van der Waals surface area contributed by atoms with E-state index in [1.54, 1.807) is 12.1 Å². The number of amides is 1. The lowest BCUT2D eigenvalue weighted by Gasteiger charge is -2.53. The Bertz CT molecular complexity index is 3900. The summed E-state index contributed by atoms with van der Waals surface area (Å²) in [7, 11) is 1.83. The van der Waals surface area contributed by atoms with Gasteiger partial charge in [-0.15, -0.1) is 0 Å². The monoisotopic (exact) mass is 1380 g/mol. The maximum atomic E-state index is 15.8. The lowest BCUT2D eigenvalue weighted by Crippen LogP contribution is -2.72. The number of fused-ring (bicyclic) bond motifs is 12. The highest BCUT2D eigenvalue weighted by molar-refractivity contribution is 6.29. The van der Waals surface area contributed by atoms with Crippen LogP contribution in [0.4, 0.5) is 5.69 Å². The summed E-state index contributed by atoms with van der Waals surface area (Å²) in [5.41, 5.74) is 14.3. The van der Waals surface area contributed by atoms with Gasteiger partial charge in [0.05, 0.1) is 61.9 Å². The maximum absolute atomic E-state index is 15.8. The van der Waals surface area contributed by atoms with E-state index in [0.717, 1.165) is 36.8 Å². The van der Waals surface area contributed by atoms with Gasteiger partial charge < -0.3 is 96.1 Å². The molecule has 2 saturated carbocycles. The molecule has 10 aliphatic rings. The number of ether oxygens (including phenoxy) is 5. The third-order valence-corrected chi connectivity index (χ3v) is 22.6. The first kappa shape index (κ1) is 69.9. The normalized spacial score (nSPS) is 32.0. The molecule has 7 heterocycles. The van der Waals surface area contributed by atoms with Gasteiger partial charge in [-0.1, -0.05) is 86.1 Å². The number of hydrogen-bond donors (Lipinski definition) is 15. The van der Waals surface area contributed by atoms with Crippen LogP contribution in [-0.2, 0) is 43.4 Å². The molecule has 534 valence electrons. The fraction of sp³-hybridized carbons (Fsp3) is 0.547. The van der Waals surface area contributed by atoms with Gasteiger partial charge in [0.1, 0.15) is 55.5 Å². The van der Waals surface area contributed by atoms with Crippen molar-refractivity contribution in [1.29, 1.82) is 0 Å². The van der Waals surface area contributed by atoms with E-state index in [0.29, 0.717) is 84.4 Å². The average Bonchev–Trinajstić information content (AvgIpc) is 0.757. The molecule has 16 unspecified atom stereocenters. The number of aldehydes is 1. The second kappa shape index (κ2) is 29.3. The number of carbonyl (C=O) groups is 4. The number of nitrogens with one attached hydrogen (secondary N) is 6. The molecule has 5 fully saturated rings. The van der Waals surface area contributed by atoms with Crippen molar-refractivity contribution in [2.45, 2.75) is 187 Å². The predicted octanol–water partition coefficient (Wildman–Crippen LogP) is 1.40. The molecule has 4 aromatic carbocycles. The summed E-state index contributed by atoms with van der Waals surface area (Å²) < 4.78 is 36.8. The molecule has 16 atom stereocenters. The van der Waals surface area contributed by atoms with Gasteiger partial charge in [0.25, 0.3) is 0 Å². The highest BCUT2D eigenvalue weighted by Gasteiger charge is 2.65. The molecule has 100 heavy (non-hydrogen) atoms. The molecular weight excluding hydrogens is 1280 g/mol. The van der Waals surface area contributed by atoms with Crippen molar-refractivity contribution in [3.05, 3.63) is 145 Å². The first-order chi connectivity index (χ1) is 48.4. The minimum Gasteiger partial charge on any atom is -0.486 e. The zero-order valence-corrected chi connectivity index (χ0v) is 56.2. The number of nitrogens with two attached hydrogens (primary N) is 2. The summed E-state index contributed by atoms with van der Waals surface area (Å²) in [5.74, 6) is 0.135. The number of anilines is 1. The molecule has 1 amide bonds. The van der Waals surface area contributed by atoms with Crippen molar-refractivity contribution >= 4 is 29.4 Å². The summed E-state index contributed by atoms with van der Waals surface area (Å²) in [6.45, 7) is -0.830. The summed E-state index contributed by atoms with van der Waals surface area (Å²) in [6.07, 6.45) is -4.70. The first-order valence-corrected chi connectivity index (χ1v) is 35.6. The number of aliphatic hydroxyl groups excluding tert-OH is 6. The fourth-order valence-electron chi connectivity index (χ4n) is 17.6. The fourth-order valence-corrected chi connectivity index (χ4v) is 17.6.